The van der Waals surface area contributed by atoms with Crippen molar-refractivity contribution in [2.45, 2.75) is 12.5 Å². The zero-order chi connectivity index (χ0) is 11.8. The van der Waals surface area contributed by atoms with Crippen molar-refractivity contribution < 1.29 is 23.6 Å². The van der Waals surface area contributed by atoms with Crippen molar-refractivity contribution in [2.75, 3.05) is 27.6 Å². The third kappa shape index (κ3) is 9.68. The number of halogens is 1. The molecule has 0 aliphatic heterocycles. The van der Waals surface area contributed by atoms with Crippen molar-refractivity contribution in [1.29, 1.82) is 0 Å². The Morgan fingerprint density at radius 1 is 1.75 bits per heavy atom. The van der Waals surface area contributed by atoms with E-state index >= 15 is 0 Å². The van der Waals surface area contributed by atoms with Crippen LogP contribution in [0, 0.1) is 0 Å². The number of aliphatic carboxylic acids is 1. The van der Waals surface area contributed by atoms with Gasteiger partial charge >= 0.3 is 0 Å². The molecular weight excluding hydrogens is 182 g/mol. The first-order chi connectivity index (χ1) is 5.92. The van der Waals surface area contributed by atoms with E-state index in [0.29, 0.717) is 0 Å². The zero-order valence-corrected chi connectivity index (χ0v) is 8.14. The molecule has 0 saturated carbocycles. The maximum atomic E-state index is 10.2. The molecule has 0 spiro atoms. The third-order valence-electron chi connectivity index (χ3n) is 0.776. The quantitative estimate of drug-likeness (QED) is 0.569. The largest absolute Gasteiger partial charge is 0.550 e. The number of carbonyl (C=O) groups is 1. The summed E-state index contributed by atoms with van der Waals surface area (Å²) >= 11 is 0. The van der Waals surface area contributed by atoms with Crippen LogP contribution in [0.1, 0.15) is 10.5 Å². The Morgan fingerprint density at radius 3 is 2.42 bits per heavy atom. The second kappa shape index (κ2) is 5.35. The SMILES string of the molecule is Cl.[2H]C(O)(CC(=O)[O-])C([2H])([2H])[N+](C)(C)C. The molecule has 0 rings (SSSR count). The molecule has 0 amide bonds. The summed E-state index contributed by atoms with van der Waals surface area (Å²) in [5.74, 6) is -1.65. The van der Waals surface area contributed by atoms with Crippen molar-refractivity contribution in [2.24, 2.45) is 0 Å². The molecule has 0 aromatic heterocycles. The summed E-state index contributed by atoms with van der Waals surface area (Å²) in [4.78, 5) is 10.2. The maximum Gasteiger partial charge on any atom is 0.108 e. The monoisotopic (exact) mass is 200 g/mol. The number of aliphatic hydroxyl groups is 1. The molecular formula is C7H16ClNO3. The third-order valence-corrected chi connectivity index (χ3v) is 0.776. The number of hydrogen-bond donors (Lipinski definition) is 1. The first-order valence-corrected chi connectivity index (χ1v) is 3.15. The molecule has 0 aromatic carbocycles. The summed E-state index contributed by atoms with van der Waals surface area (Å²) in [6.45, 7) is -2.40. The number of quaternary nitrogens is 1. The van der Waals surface area contributed by atoms with Gasteiger partial charge < -0.3 is 19.5 Å². The Balaban J connectivity index is 0. The predicted octanol–water partition coefficient (Wildman–Crippen LogP) is -1.38. The summed E-state index contributed by atoms with van der Waals surface area (Å²) < 4.78 is 21.9. The second-order valence-corrected chi connectivity index (χ2v) is 3.12. The molecule has 0 fully saturated rings. The van der Waals surface area contributed by atoms with Crippen molar-refractivity contribution in [1.82, 2.24) is 0 Å². The Labute approximate surface area is 83.0 Å². The van der Waals surface area contributed by atoms with Crippen molar-refractivity contribution in [3.05, 3.63) is 0 Å². The van der Waals surface area contributed by atoms with E-state index < -0.39 is 25.0 Å². The van der Waals surface area contributed by atoms with Gasteiger partial charge in [0.15, 0.2) is 0 Å². The minimum absolute atomic E-state index is 0. The van der Waals surface area contributed by atoms with Gasteiger partial charge in [0.05, 0.1) is 25.3 Å². The molecule has 0 heterocycles. The molecule has 5 heteroatoms. The molecule has 4 nitrogen and oxygen atoms in total. The van der Waals surface area contributed by atoms with Gasteiger partial charge in [-0.05, 0) is 0 Å². The van der Waals surface area contributed by atoms with Crippen LogP contribution in [0.15, 0.2) is 0 Å². The van der Waals surface area contributed by atoms with Crippen LogP contribution < -0.4 is 5.11 Å². The number of likely N-dealkylation sites (N-methyl/N-ethyl adjacent to an activating group) is 1. The number of hydrogen-bond acceptors (Lipinski definition) is 3. The Hall–Kier alpha value is -0.320. The first-order valence-electron chi connectivity index (χ1n) is 4.65. The number of carboxylic acids is 1. The van der Waals surface area contributed by atoms with Gasteiger partial charge in [0.2, 0.25) is 0 Å². The molecule has 1 N–H and O–H groups in total. The van der Waals surface area contributed by atoms with Gasteiger partial charge in [-0.25, -0.2) is 0 Å². The van der Waals surface area contributed by atoms with Crippen LogP contribution in [0.2, 0.25) is 0 Å². The second-order valence-electron chi connectivity index (χ2n) is 3.12. The summed E-state index contributed by atoms with van der Waals surface area (Å²) in [6, 6.07) is 0. The Kier molecular flexibility index (Phi) is 3.69. The topological polar surface area (TPSA) is 60.4 Å². The number of nitrogens with zero attached hydrogens (tertiary/aromatic N) is 1. The fourth-order valence-electron chi connectivity index (χ4n) is 0.563. The van der Waals surface area contributed by atoms with Crippen LogP contribution >= 0.6 is 12.4 Å². The molecule has 12 heavy (non-hydrogen) atoms. The van der Waals surface area contributed by atoms with E-state index in [2.05, 4.69) is 0 Å². The van der Waals surface area contributed by atoms with Gasteiger partial charge in [0.1, 0.15) is 12.6 Å². The number of carboxylic acid groups (broad SMARTS) is 1. The summed E-state index contributed by atoms with van der Waals surface area (Å²) in [5.41, 5.74) is 0. The van der Waals surface area contributed by atoms with Crippen molar-refractivity contribution >= 4 is 18.4 Å². The van der Waals surface area contributed by atoms with E-state index in [9.17, 15) is 15.0 Å². The van der Waals surface area contributed by atoms with Crippen LogP contribution in [0.25, 0.3) is 0 Å². The fourth-order valence-corrected chi connectivity index (χ4v) is 0.563. The Morgan fingerprint density at radius 2 is 2.17 bits per heavy atom. The lowest BCUT2D eigenvalue weighted by Crippen LogP contribution is -2.43. The fraction of sp³-hybridized carbons (Fsp3) is 0.857. The number of rotatable bonds is 4. The highest BCUT2D eigenvalue weighted by Gasteiger charge is 2.14. The molecule has 0 aromatic rings. The predicted molar refractivity (Wildman–Crippen MR) is 45.8 cm³/mol. The molecule has 1 atom stereocenters. The highest BCUT2D eigenvalue weighted by molar-refractivity contribution is 5.85. The van der Waals surface area contributed by atoms with Gasteiger partial charge in [-0.2, -0.15) is 0 Å². The average molecular weight is 201 g/mol. The first kappa shape index (κ1) is 8.29. The molecule has 0 radical (unpaired) electrons. The van der Waals surface area contributed by atoms with E-state index in [0.717, 1.165) is 0 Å². The lowest BCUT2D eigenvalue weighted by molar-refractivity contribution is -0.873. The molecule has 74 valence electrons. The normalized spacial score (nSPS) is 20.8. The summed E-state index contributed by atoms with van der Waals surface area (Å²) in [5, 5.41) is 19.6. The molecule has 0 aliphatic rings. The van der Waals surface area contributed by atoms with Crippen LogP contribution in [-0.4, -0.2) is 49.3 Å². The van der Waals surface area contributed by atoms with Crippen LogP contribution in [0.3, 0.4) is 0 Å². The molecule has 0 aliphatic carbocycles. The molecule has 1 unspecified atom stereocenters. The van der Waals surface area contributed by atoms with Gasteiger partial charge in [0, 0.05) is 12.4 Å². The van der Waals surface area contributed by atoms with E-state index in [1.54, 1.807) is 0 Å². The van der Waals surface area contributed by atoms with E-state index in [1.807, 2.05) is 0 Å². The van der Waals surface area contributed by atoms with Crippen LogP contribution in [-0.2, 0) is 4.79 Å². The highest BCUT2D eigenvalue weighted by atomic mass is 35.5. The van der Waals surface area contributed by atoms with Crippen LogP contribution in [0.4, 0.5) is 0 Å². The summed E-state index contributed by atoms with van der Waals surface area (Å²) in [7, 11) is 4.28. The molecule has 0 bridgehead atoms. The lowest BCUT2D eigenvalue weighted by Gasteiger charge is -2.26. The van der Waals surface area contributed by atoms with Gasteiger partial charge in [0.25, 0.3) is 0 Å². The zero-order valence-electron chi connectivity index (χ0n) is 10.3. The van der Waals surface area contributed by atoms with Gasteiger partial charge in [-0.15, -0.1) is 12.4 Å². The van der Waals surface area contributed by atoms with Gasteiger partial charge in [-0.3, -0.25) is 0 Å². The standard InChI is InChI=1S/C7H15NO3.ClH/c1-8(2,3)5-6(9)4-7(10)11;/h6,9H,4-5H2,1-3H3;1H/i5D2,6D;. The number of carbonyl (C=O) groups excluding carboxylic acids is 1. The Bertz CT molecular complexity index is 240. The van der Waals surface area contributed by atoms with Crippen LogP contribution in [0.5, 0.6) is 0 Å². The average Bonchev–Trinajstić information content (AvgIpc) is 1.80. The van der Waals surface area contributed by atoms with E-state index in [-0.39, 0.29) is 16.9 Å². The van der Waals surface area contributed by atoms with E-state index in [4.69, 9.17) is 4.11 Å². The minimum Gasteiger partial charge on any atom is -0.550 e. The maximum absolute atomic E-state index is 10.2. The minimum atomic E-state index is -2.70. The van der Waals surface area contributed by atoms with Crippen molar-refractivity contribution in [3.8, 4) is 0 Å². The highest BCUT2D eigenvalue weighted by Crippen LogP contribution is 1.97. The van der Waals surface area contributed by atoms with E-state index in [1.165, 1.54) is 21.1 Å². The molecule has 0 saturated heterocycles. The summed E-state index contributed by atoms with van der Waals surface area (Å²) in [6.07, 6.45) is -3.76. The van der Waals surface area contributed by atoms with Gasteiger partial charge in [-0.1, -0.05) is 0 Å². The smallest absolute Gasteiger partial charge is 0.108 e. The van der Waals surface area contributed by atoms with Crippen molar-refractivity contribution in [3.63, 3.8) is 0 Å². The lowest BCUT2D eigenvalue weighted by atomic mass is 10.2.